The Bertz CT molecular complexity index is 1290. The number of aliphatic hydroxyl groups is 1. The highest BCUT2D eigenvalue weighted by atomic mass is 16.4. The van der Waals surface area contributed by atoms with Crippen molar-refractivity contribution in [1.82, 2.24) is 14.5 Å². The first kappa shape index (κ1) is 21.7. The van der Waals surface area contributed by atoms with Crippen LogP contribution in [0.4, 0.5) is 5.69 Å². The van der Waals surface area contributed by atoms with Crippen molar-refractivity contribution in [1.29, 1.82) is 0 Å². The van der Waals surface area contributed by atoms with Crippen molar-refractivity contribution in [3.63, 3.8) is 0 Å². The molecule has 1 aromatic carbocycles. The number of fused-ring (bicyclic) bond motifs is 2. The minimum atomic E-state index is -0.352. The maximum Gasteiger partial charge on any atom is 0.344 e. The van der Waals surface area contributed by atoms with Crippen molar-refractivity contribution >= 4 is 28.7 Å². The normalized spacial score (nSPS) is 21.2. The van der Waals surface area contributed by atoms with Crippen LogP contribution in [-0.2, 0) is 0 Å². The number of hydrogen-bond donors (Lipinski definition) is 1. The second-order valence-electron chi connectivity index (χ2n) is 9.21. The zero-order valence-corrected chi connectivity index (χ0v) is 19.4. The largest absolute Gasteiger partial charge is 0.421 e. The molecule has 2 atom stereocenters. The lowest BCUT2D eigenvalue weighted by Gasteiger charge is -2.45. The summed E-state index contributed by atoms with van der Waals surface area (Å²) in [5.41, 5.74) is 2.55. The standard InChI is InChI=1S/C26H30N4O3/c1-17-5-4-6-25-27-23(16-29(25)13-17)24-11-20-7-8-21(12-22(20)26(32)33-24)28-14-18(2)30(9-10-31)19(3)15-28/h4,6-8,11-13,16,18-19,31H,5,9-10,14-15H2,1-3H3. The molecule has 2 aromatic heterocycles. The highest BCUT2D eigenvalue weighted by molar-refractivity contribution is 5.87. The fraction of sp³-hybridized carbons (Fsp3) is 0.385. The lowest BCUT2D eigenvalue weighted by Crippen LogP contribution is -2.57. The van der Waals surface area contributed by atoms with Gasteiger partial charge in [-0.1, -0.05) is 17.7 Å². The van der Waals surface area contributed by atoms with Gasteiger partial charge < -0.3 is 19.0 Å². The molecular formula is C26H30N4O3. The fourth-order valence-corrected chi connectivity index (χ4v) is 5.01. The van der Waals surface area contributed by atoms with Crippen LogP contribution in [0, 0.1) is 0 Å². The van der Waals surface area contributed by atoms with Gasteiger partial charge in [0, 0.05) is 49.8 Å². The van der Waals surface area contributed by atoms with Gasteiger partial charge in [-0.3, -0.25) is 4.90 Å². The smallest absolute Gasteiger partial charge is 0.344 e. The van der Waals surface area contributed by atoms with E-state index in [4.69, 9.17) is 4.42 Å². The second kappa shape index (κ2) is 8.65. The van der Waals surface area contributed by atoms with Crippen molar-refractivity contribution < 1.29 is 9.52 Å². The molecule has 2 aliphatic heterocycles. The number of β-amino-alcohol motifs (C(OH)–C–C–N with tert-alkyl or cyclic N) is 1. The van der Waals surface area contributed by atoms with E-state index in [1.807, 2.05) is 35.0 Å². The number of aromatic nitrogens is 2. The minimum absolute atomic E-state index is 0.167. The number of anilines is 1. The van der Waals surface area contributed by atoms with Gasteiger partial charge in [-0.05, 0) is 56.9 Å². The molecule has 7 heteroatoms. The molecule has 2 unspecified atom stereocenters. The van der Waals surface area contributed by atoms with Crippen LogP contribution in [-0.4, -0.2) is 57.9 Å². The monoisotopic (exact) mass is 446 g/mol. The van der Waals surface area contributed by atoms with Crippen LogP contribution < -0.4 is 10.5 Å². The number of allylic oxidation sites excluding steroid dienone is 2. The van der Waals surface area contributed by atoms with Gasteiger partial charge in [0.15, 0.2) is 5.76 Å². The first-order chi connectivity index (χ1) is 15.9. The molecule has 0 saturated carbocycles. The molecule has 0 amide bonds. The van der Waals surface area contributed by atoms with Crippen LogP contribution in [0.15, 0.2) is 51.3 Å². The van der Waals surface area contributed by atoms with Crippen molar-refractivity contribution in [3.8, 4) is 11.5 Å². The van der Waals surface area contributed by atoms with E-state index in [1.165, 1.54) is 5.57 Å². The molecule has 4 heterocycles. The summed E-state index contributed by atoms with van der Waals surface area (Å²) in [6, 6.07) is 8.53. The summed E-state index contributed by atoms with van der Waals surface area (Å²) in [7, 11) is 0. The van der Waals surface area contributed by atoms with E-state index in [9.17, 15) is 9.90 Å². The summed E-state index contributed by atoms with van der Waals surface area (Å²) in [6.45, 7) is 8.99. The zero-order valence-electron chi connectivity index (χ0n) is 19.4. The molecule has 0 bridgehead atoms. The number of aliphatic hydroxyl groups excluding tert-OH is 1. The molecule has 1 fully saturated rings. The Labute approximate surface area is 193 Å². The number of piperazine rings is 1. The topological polar surface area (TPSA) is 74.7 Å². The number of benzene rings is 1. The maximum atomic E-state index is 12.9. The van der Waals surface area contributed by atoms with Crippen LogP contribution in [0.5, 0.6) is 0 Å². The molecule has 1 saturated heterocycles. The van der Waals surface area contributed by atoms with E-state index in [0.29, 0.717) is 35.5 Å². The quantitative estimate of drug-likeness (QED) is 0.657. The zero-order chi connectivity index (χ0) is 23.1. The van der Waals surface area contributed by atoms with Crippen LogP contribution in [0.1, 0.15) is 33.0 Å². The van der Waals surface area contributed by atoms with Gasteiger partial charge in [0.1, 0.15) is 11.5 Å². The minimum Gasteiger partial charge on any atom is -0.421 e. The molecule has 0 aliphatic carbocycles. The third kappa shape index (κ3) is 4.14. The molecular weight excluding hydrogens is 416 g/mol. The number of nitrogens with zero attached hydrogens (tertiary/aromatic N) is 4. The second-order valence-corrected chi connectivity index (χ2v) is 9.21. The molecule has 0 spiro atoms. The summed E-state index contributed by atoms with van der Waals surface area (Å²) in [4.78, 5) is 22.2. The summed E-state index contributed by atoms with van der Waals surface area (Å²) in [5.74, 6) is 1.30. The average Bonchev–Trinajstić information content (AvgIpc) is 3.09. The van der Waals surface area contributed by atoms with Gasteiger partial charge in [0.05, 0.1) is 12.0 Å². The van der Waals surface area contributed by atoms with Crippen LogP contribution in [0.25, 0.3) is 34.5 Å². The number of hydrogen-bond acceptors (Lipinski definition) is 6. The summed E-state index contributed by atoms with van der Waals surface area (Å²) >= 11 is 0. The van der Waals surface area contributed by atoms with Gasteiger partial charge >= 0.3 is 5.63 Å². The number of imidazole rings is 1. The van der Waals surface area contributed by atoms with Gasteiger partial charge in [0.25, 0.3) is 0 Å². The average molecular weight is 447 g/mol. The Morgan fingerprint density at radius 1 is 1.18 bits per heavy atom. The Hall–Kier alpha value is -3.16. The summed E-state index contributed by atoms with van der Waals surface area (Å²) in [5, 5.41) is 10.8. The molecule has 2 aliphatic rings. The van der Waals surface area contributed by atoms with Gasteiger partial charge in [-0.2, -0.15) is 0 Å². The van der Waals surface area contributed by atoms with E-state index in [-0.39, 0.29) is 12.2 Å². The van der Waals surface area contributed by atoms with Crippen LogP contribution >= 0.6 is 0 Å². The Morgan fingerprint density at radius 2 is 1.97 bits per heavy atom. The molecule has 1 N–H and O–H groups in total. The maximum absolute atomic E-state index is 12.9. The van der Waals surface area contributed by atoms with Gasteiger partial charge in [0.2, 0.25) is 0 Å². The molecule has 33 heavy (non-hydrogen) atoms. The molecule has 5 rings (SSSR count). The van der Waals surface area contributed by atoms with Crippen molar-refractivity contribution in [2.75, 3.05) is 31.1 Å². The molecule has 172 valence electrons. The third-order valence-corrected chi connectivity index (χ3v) is 6.65. The third-order valence-electron chi connectivity index (χ3n) is 6.65. The van der Waals surface area contributed by atoms with Crippen molar-refractivity contribution in [3.05, 3.63) is 58.4 Å². The van der Waals surface area contributed by atoms with Gasteiger partial charge in [-0.25, -0.2) is 9.78 Å². The van der Waals surface area contributed by atoms with Gasteiger partial charge in [-0.15, -0.1) is 0 Å². The first-order valence-corrected chi connectivity index (χ1v) is 11.6. The molecule has 3 aromatic rings. The van der Waals surface area contributed by atoms with E-state index in [0.717, 1.165) is 36.4 Å². The highest BCUT2D eigenvalue weighted by Crippen LogP contribution is 2.28. The Kier molecular flexibility index (Phi) is 5.68. The fourth-order valence-electron chi connectivity index (χ4n) is 5.01. The lowest BCUT2D eigenvalue weighted by atomic mass is 10.1. The van der Waals surface area contributed by atoms with E-state index in [2.05, 4.69) is 53.9 Å². The van der Waals surface area contributed by atoms with E-state index >= 15 is 0 Å². The van der Waals surface area contributed by atoms with Crippen LogP contribution in [0.3, 0.4) is 0 Å². The Balaban J connectivity index is 1.46. The molecule has 0 radical (unpaired) electrons. The molecule has 7 nitrogen and oxygen atoms in total. The SMILES string of the molecule is CC1=Cn2cc(-c3cc4ccc(N5CC(C)N(CCO)C(C)C5)cc4c(=O)o3)nc2C=CC1. The van der Waals surface area contributed by atoms with E-state index < -0.39 is 0 Å². The highest BCUT2D eigenvalue weighted by Gasteiger charge is 2.29. The van der Waals surface area contributed by atoms with Crippen molar-refractivity contribution in [2.45, 2.75) is 39.3 Å². The predicted octanol–water partition coefficient (Wildman–Crippen LogP) is 3.83. The predicted molar refractivity (Wildman–Crippen MR) is 132 cm³/mol. The summed E-state index contributed by atoms with van der Waals surface area (Å²) in [6.07, 6.45) is 8.94. The van der Waals surface area contributed by atoms with Crippen LogP contribution in [0.2, 0.25) is 0 Å². The summed E-state index contributed by atoms with van der Waals surface area (Å²) < 4.78 is 7.69. The first-order valence-electron chi connectivity index (χ1n) is 11.6. The number of rotatable bonds is 4. The Morgan fingerprint density at radius 3 is 2.73 bits per heavy atom. The van der Waals surface area contributed by atoms with E-state index in [1.54, 1.807) is 0 Å². The van der Waals surface area contributed by atoms with Crippen molar-refractivity contribution in [2.24, 2.45) is 0 Å². The lowest BCUT2D eigenvalue weighted by molar-refractivity contribution is 0.103.